The highest BCUT2D eigenvalue weighted by Gasteiger charge is 2.31. The molecule has 2 rings (SSSR count). The van der Waals surface area contributed by atoms with Crippen molar-refractivity contribution in [1.82, 2.24) is 15.1 Å². The maximum atomic E-state index is 12.3. The van der Waals surface area contributed by atoms with Crippen molar-refractivity contribution in [3.05, 3.63) is 0 Å². The molecule has 1 atom stereocenters. The minimum Gasteiger partial charge on any atom is -0.444 e. The zero-order valence-corrected chi connectivity index (χ0v) is 13.6. The Bertz CT molecular complexity index is 338. The maximum Gasteiger partial charge on any atom is 0.410 e. The van der Waals surface area contributed by atoms with E-state index >= 15 is 0 Å². The average Bonchev–Trinajstić information content (AvgIpc) is 2.45. The molecule has 2 fully saturated rings. The fourth-order valence-corrected chi connectivity index (χ4v) is 2.72. The Hall–Kier alpha value is -0.850. The fraction of sp³-hybridized carbons (Fsp3) is 0.933. The predicted molar refractivity (Wildman–Crippen MR) is 81.5 cm³/mol. The topological polar surface area (TPSA) is 54.0 Å². The summed E-state index contributed by atoms with van der Waals surface area (Å²) in [5, 5.41) is 3.35. The summed E-state index contributed by atoms with van der Waals surface area (Å²) >= 11 is 0. The molecule has 122 valence electrons. The van der Waals surface area contributed by atoms with E-state index in [0.29, 0.717) is 19.8 Å². The summed E-state index contributed by atoms with van der Waals surface area (Å²) in [7, 11) is 0. The van der Waals surface area contributed by atoms with E-state index in [0.717, 1.165) is 39.1 Å². The molecule has 2 aliphatic rings. The van der Waals surface area contributed by atoms with Crippen LogP contribution < -0.4 is 5.32 Å². The minimum atomic E-state index is -0.446. The number of piperazine rings is 1. The average molecular weight is 299 g/mol. The Balaban J connectivity index is 1.84. The third kappa shape index (κ3) is 5.45. The van der Waals surface area contributed by atoms with E-state index in [4.69, 9.17) is 9.47 Å². The molecule has 0 bridgehead atoms. The lowest BCUT2D eigenvalue weighted by Gasteiger charge is -2.38. The molecule has 6 nitrogen and oxygen atoms in total. The number of ether oxygens (including phenoxy) is 2. The van der Waals surface area contributed by atoms with Gasteiger partial charge in [0.25, 0.3) is 0 Å². The molecular weight excluding hydrogens is 270 g/mol. The van der Waals surface area contributed by atoms with E-state index in [1.807, 2.05) is 25.7 Å². The summed E-state index contributed by atoms with van der Waals surface area (Å²) in [5.74, 6) is 0. The van der Waals surface area contributed by atoms with Crippen molar-refractivity contribution in [3.8, 4) is 0 Å². The van der Waals surface area contributed by atoms with Gasteiger partial charge in [0.1, 0.15) is 5.60 Å². The van der Waals surface area contributed by atoms with Crippen molar-refractivity contribution in [2.24, 2.45) is 0 Å². The van der Waals surface area contributed by atoms with Crippen molar-refractivity contribution in [2.45, 2.75) is 38.8 Å². The van der Waals surface area contributed by atoms with E-state index in [1.54, 1.807) is 0 Å². The number of hydrogen-bond acceptors (Lipinski definition) is 5. The summed E-state index contributed by atoms with van der Waals surface area (Å²) in [4.78, 5) is 16.6. The quantitative estimate of drug-likeness (QED) is 0.840. The molecule has 2 saturated heterocycles. The Morgan fingerprint density at radius 2 is 2.00 bits per heavy atom. The van der Waals surface area contributed by atoms with E-state index in [1.165, 1.54) is 0 Å². The van der Waals surface area contributed by atoms with Crippen molar-refractivity contribution in [1.29, 1.82) is 0 Å². The second kappa shape index (κ2) is 7.42. The van der Waals surface area contributed by atoms with Crippen molar-refractivity contribution in [2.75, 3.05) is 52.5 Å². The number of morpholine rings is 1. The third-order valence-electron chi connectivity index (χ3n) is 3.84. The van der Waals surface area contributed by atoms with Gasteiger partial charge in [-0.3, -0.25) is 0 Å². The molecule has 0 saturated carbocycles. The largest absolute Gasteiger partial charge is 0.444 e. The molecule has 1 unspecified atom stereocenters. The van der Waals surface area contributed by atoms with Gasteiger partial charge < -0.3 is 24.6 Å². The molecule has 0 aromatic rings. The van der Waals surface area contributed by atoms with Gasteiger partial charge in [-0.25, -0.2) is 4.79 Å². The van der Waals surface area contributed by atoms with Crippen LogP contribution in [-0.2, 0) is 9.47 Å². The van der Waals surface area contributed by atoms with Crippen LogP contribution in [-0.4, -0.2) is 80.0 Å². The molecule has 0 spiro atoms. The van der Waals surface area contributed by atoms with Gasteiger partial charge in [0, 0.05) is 39.3 Å². The number of hydrogen-bond donors (Lipinski definition) is 1. The van der Waals surface area contributed by atoms with Gasteiger partial charge in [-0.2, -0.15) is 0 Å². The second-order valence-corrected chi connectivity index (χ2v) is 6.78. The zero-order valence-electron chi connectivity index (χ0n) is 13.6. The first-order valence-electron chi connectivity index (χ1n) is 7.96. The van der Waals surface area contributed by atoms with E-state index in [9.17, 15) is 4.79 Å². The number of nitrogens with one attached hydrogen (secondary N) is 1. The zero-order chi connectivity index (χ0) is 15.3. The molecule has 2 aliphatic heterocycles. The predicted octanol–water partition coefficient (Wildman–Crippen LogP) is 0.918. The van der Waals surface area contributed by atoms with Gasteiger partial charge >= 0.3 is 6.09 Å². The molecule has 1 N–H and O–H groups in total. The Morgan fingerprint density at radius 1 is 1.29 bits per heavy atom. The molecule has 0 aliphatic carbocycles. The van der Waals surface area contributed by atoms with Gasteiger partial charge in [0.2, 0.25) is 0 Å². The summed E-state index contributed by atoms with van der Waals surface area (Å²) in [6, 6.07) is 0.128. The van der Waals surface area contributed by atoms with Crippen LogP contribution >= 0.6 is 0 Å². The van der Waals surface area contributed by atoms with Crippen molar-refractivity contribution >= 4 is 6.09 Å². The number of carbonyl (C=O) groups excluding carboxylic acids is 1. The normalized spacial score (nSPS) is 24.9. The lowest BCUT2D eigenvalue weighted by Crippen LogP contribution is -2.52. The summed E-state index contributed by atoms with van der Waals surface area (Å²) in [6.07, 6.45) is 0.732. The monoisotopic (exact) mass is 299 g/mol. The first-order chi connectivity index (χ1) is 9.96. The van der Waals surface area contributed by atoms with E-state index < -0.39 is 5.60 Å². The van der Waals surface area contributed by atoms with Crippen LogP contribution in [0.5, 0.6) is 0 Å². The van der Waals surface area contributed by atoms with Gasteiger partial charge in [-0.15, -0.1) is 0 Å². The summed E-state index contributed by atoms with van der Waals surface area (Å²) < 4.78 is 11.1. The Labute approximate surface area is 127 Å². The van der Waals surface area contributed by atoms with Gasteiger partial charge in [-0.1, -0.05) is 0 Å². The van der Waals surface area contributed by atoms with Gasteiger partial charge in [0.05, 0.1) is 19.3 Å². The molecule has 21 heavy (non-hydrogen) atoms. The highest BCUT2D eigenvalue weighted by atomic mass is 16.6. The third-order valence-corrected chi connectivity index (χ3v) is 3.84. The maximum absolute atomic E-state index is 12.3. The lowest BCUT2D eigenvalue weighted by molar-refractivity contribution is -0.0357. The molecule has 2 heterocycles. The van der Waals surface area contributed by atoms with Crippen molar-refractivity contribution in [3.63, 3.8) is 0 Å². The molecule has 6 heteroatoms. The van der Waals surface area contributed by atoms with Crippen LogP contribution in [0.1, 0.15) is 27.2 Å². The van der Waals surface area contributed by atoms with Crippen molar-refractivity contribution < 1.29 is 14.3 Å². The molecular formula is C15H29N3O3. The fourth-order valence-electron chi connectivity index (χ4n) is 2.72. The number of nitrogens with zero attached hydrogens (tertiary/aromatic N) is 2. The Kier molecular flexibility index (Phi) is 5.84. The SMILES string of the molecule is CC(C)(C)OC(=O)N1CCOCC1CCN1CCNCC1. The highest BCUT2D eigenvalue weighted by molar-refractivity contribution is 5.68. The lowest BCUT2D eigenvalue weighted by atomic mass is 10.1. The van der Waals surface area contributed by atoms with Gasteiger partial charge in [0.15, 0.2) is 0 Å². The molecule has 0 radical (unpaired) electrons. The number of rotatable bonds is 3. The van der Waals surface area contributed by atoms with Gasteiger partial charge in [-0.05, 0) is 27.2 Å². The number of amides is 1. The molecule has 0 aromatic carbocycles. The smallest absolute Gasteiger partial charge is 0.410 e. The van der Waals surface area contributed by atoms with Crippen LogP contribution in [0.25, 0.3) is 0 Å². The summed E-state index contributed by atoms with van der Waals surface area (Å²) in [5.41, 5.74) is -0.446. The highest BCUT2D eigenvalue weighted by Crippen LogP contribution is 2.17. The van der Waals surface area contributed by atoms with Crippen LogP contribution in [0.4, 0.5) is 4.79 Å². The van der Waals surface area contributed by atoms with Crippen LogP contribution in [0.3, 0.4) is 0 Å². The number of carbonyl (C=O) groups is 1. The Morgan fingerprint density at radius 3 is 2.67 bits per heavy atom. The standard InChI is InChI=1S/C15H29N3O3/c1-15(2,3)21-14(19)18-10-11-20-12-13(18)4-7-17-8-5-16-6-9-17/h13,16H,4-12H2,1-3H3. The first kappa shape index (κ1) is 16.5. The van der Waals surface area contributed by atoms with Crippen LogP contribution in [0, 0.1) is 0 Å². The first-order valence-corrected chi connectivity index (χ1v) is 7.96. The van der Waals surface area contributed by atoms with E-state index in [-0.39, 0.29) is 12.1 Å². The summed E-state index contributed by atoms with van der Waals surface area (Å²) in [6.45, 7) is 12.8. The second-order valence-electron chi connectivity index (χ2n) is 6.78. The van der Waals surface area contributed by atoms with Crippen LogP contribution in [0.2, 0.25) is 0 Å². The molecule has 0 aromatic heterocycles. The minimum absolute atomic E-state index is 0.128. The van der Waals surface area contributed by atoms with Crippen LogP contribution in [0.15, 0.2) is 0 Å². The van der Waals surface area contributed by atoms with E-state index in [2.05, 4.69) is 10.2 Å². The molecule has 1 amide bonds.